The van der Waals surface area contributed by atoms with E-state index >= 15 is 0 Å². The van der Waals surface area contributed by atoms with Crippen molar-refractivity contribution in [1.82, 2.24) is 0 Å². The number of hydrogen-bond acceptors (Lipinski definition) is 4. The molecule has 2 atom stereocenters. The number of esters is 2. The molecule has 22 heavy (non-hydrogen) atoms. The van der Waals surface area contributed by atoms with Gasteiger partial charge in [-0.1, -0.05) is 39.3 Å². The third-order valence-electron chi connectivity index (χ3n) is 3.41. The Morgan fingerprint density at radius 1 is 0.636 bits per heavy atom. The van der Waals surface area contributed by atoms with E-state index in [0.29, 0.717) is 0 Å². The summed E-state index contributed by atoms with van der Waals surface area (Å²) >= 11 is 0. The van der Waals surface area contributed by atoms with Gasteiger partial charge < -0.3 is 9.47 Å². The highest BCUT2D eigenvalue weighted by Crippen LogP contribution is 2.43. The minimum atomic E-state index is -1.94. The number of rotatable bonds is 7. The third kappa shape index (κ3) is 6.64. The summed E-state index contributed by atoms with van der Waals surface area (Å²) in [5.41, 5.74) is -0.708. The van der Waals surface area contributed by atoms with Crippen LogP contribution in [0, 0.1) is 0 Å². The lowest BCUT2D eigenvalue weighted by Crippen LogP contribution is -2.49. The SMILES string of the molecule is CC(C)OC(=O)[C@@H]([C@H](C(=O)OC(C)C)[Si](C)(C)C)[Si](C)(C)C. The molecule has 6 heteroatoms. The molecule has 0 aliphatic heterocycles. The van der Waals surface area contributed by atoms with Gasteiger partial charge in [0, 0.05) is 0 Å². The molecule has 0 saturated heterocycles. The van der Waals surface area contributed by atoms with Gasteiger partial charge in [-0.05, 0) is 27.7 Å². The Bertz CT molecular complexity index is 354. The maximum atomic E-state index is 12.7. The van der Waals surface area contributed by atoms with E-state index in [1.165, 1.54) is 0 Å². The molecule has 0 N–H and O–H groups in total. The fraction of sp³-hybridized carbons (Fsp3) is 0.875. The first-order valence-electron chi connectivity index (χ1n) is 8.09. The van der Waals surface area contributed by atoms with Gasteiger partial charge in [-0.15, -0.1) is 0 Å². The maximum absolute atomic E-state index is 12.7. The van der Waals surface area contributed by atoms with Crippen LogP contribution in [0.15, 0.2) is 0 Å². The second kappa shape index (κ2) is 7.77. The molecule has 0 aliphatic carbocycles. The Morgan fingerprint density at radius 2 is 0.864 bits per heavy atom. The van der Waals surface area contributed by atoms with Gasteiger partial charge in [0.25, 0.3) is 0 Å². The molecule has 4 nitrogen and oxygen atoms in total. The van der Waals surface area contributed by atoms with Gasteiger partial charge in [-0.25, -0.2) is 0 Å². The van der Waals surface area contributed by atoms with E-state index < -0.39 is 16.1 Å². The van der Waals surface area contributed by atoms with E-state index in [1.54, 1.807) is 0 Å². The highest BCUT2D eigenvalue weighted by atomic mass is 28.3. The first-order valence-corrected chi connectivity index (χ1v) is 15.2. The standard InChI is InChI=1S/C16H34O4Si2/c1-11(2)19-15(17)13(21(5,6)7)14(22(8,9)10)16(18)20-12(3)4/h11-14H,1-10H3/t13-,14-/m1/s1. The number of hydrogen-bond donors (Lipinski definition) is 0. The molecule has 0 radical (unpaired) electrons. The van der Waals surface area contributed by atoms with Crippen molar-refractivity contribution in [2.24, 2.45) is 0 Å². The first kappa shape index (κ1) is 21.4. The average molecular weight is 347 g/mol. The van der Waals surface area contributed by atoms with Crippen LogP contribution < -0.4 is 0 Å². The highest BCUT2D eigenvalue weighted by Gasteiger charge is 2.50. The molecule has 0 fully saturated rings. The van der Waals surface area contributed by atoms with Crippen molar-refractivity contribution in [2.45, 2.75) is 90.3 Å². The Morgan fingerprint density at radius 3 is 1.00 bits per heavy atom. The van der Waals surface area contributed by atoms with Crippen LogP contribution in [-0.4, -0.2) is 40.3 Å². The maximum Gasteiger partial charge on any atom is 0.306 e. The van der Waals surface area contributed by atoms with Crippen LogP contribution in [0.25, 0.3) is 0 Å². The first-order chi connectivity index (χ1) is 9.67. The second-order valence-corrected chi connectivity index (χ2v) is 19.4. The van der Waals surface area contributed by atoms with Gasteiger partial charge >= 0.3 is 11.9 Å². The molecule has 0 saturated carbocycles. The van der Waals surface area contributed by atoms with Crippen molar-refractivity contribution in [3.05, 3.63) is 0 Å². The molecule has 0 bridgehead atoms. The van der Waals surface area contributed by atoms with Crippen LogP contribution in [-0.2, 0) is 19.1 Å². The van der Waals surface area contributed by atoms with Crippen molar-refractivity contribution >= 4 is 28.1 Å². The Kier molecular flexibility index (Phi) is 7.55. The molecule has 0 unspecified atom stereocenters. The molecule has 0 rings (SSSR count). The number of carbonyl (C=O) groups is 2. The van der Waals surface area contributed by atoms with Crippen LogP contribution in [0.4, 0.5) is 0 Å². The Labute approximate surface area is 138 Å². The van der Waals surface area contributed by atoms with Gasteiger partial charge in [0.2, 0.25) is 0 Å². The minimum Gasteiger partial charge on any atom is -0.463 e. The van der Waals surface area contributed by atoms with Crippen LogP contribution in [0.5, 0.6) is 0 Å². The molecular formula is C16H34O4Si2. The molecular weight excluding hydrogens is 312 g/mol. The van der Waals surface area contributed by atoms with Crippen molar-refractivity contribution in [1.29, 1.82) is 0 Å². The largest absolute Gasteiger partial charge is 0.463 e. The van der Waals surface area contributed by atoms with E-state index in [0.717, 1.165) is 0 Å². The minimum absolute atomic E-state index is 0.172. The second-order valence-electron chi connectivity index (χ2n) is 8.66. The number of ether oxygens (including phenoxy) is 2. The molecule has 0 heterocycles. The molecule has 0 aromatic heterocycles. The van der Waals surface area contributed by atoms with Crippen LogP contribution >= 0.6 is 0 Å². The van der Waals surface area contributed by atoms with Crippen molar-refractivity contribution in [2.75, 3.05) is 0 Å². The molecule has 0 aliphatic rings. The highest BCUT2D eigenvalue weighted by molar-refractivity contribution is 6.87. The van der Waals surface area contributed by atoms with E-state index in [-0.39, 0.29) is 35.2 Å². The fourth-order valence-electron chi connectivity index (χ4n) is 2.59. The third-order valence-corrected chi connectivity index (χ3v) is 8.61. The summed E-state index contributed by atoms with van der Waals surface area (Å²) in [6.45, 7) is 20.1. The smallest absolute Gasteiger partial charge is 0.306 e. The zero-order valence-electron chi connectivity index (χ0n) is 15.9. The lowest BCUT2D eigenvalue weighted by atomic mass is 10.3. The fourth-order valence-corrected chi connectivity index (χ4v) is 9.41. The van der Waals surface area contributed by atoms with Crippen LogP contribution in [0.2, 0.25) is 50.4 Å². The summed E-state index contributed by atoms with van der Waals surface area (Å²) in [6, 6.07) is 0. The average Bonchev–Trinajstić information content (AvgIpc) is 2.19. The monoisotopic (exact) mass is 346 g/mol. The van der Waals surface area contributed by atoms with Crippen molar-refractivity contribution in [3.8, 4) is 0 Å². The zero-order valence-corrected chi connectivity index (χ0v) is 17.9. The topological polar surface area (TPSA) is 52.6 Å². The molecule has 0 spiro atoms. The summed E-state index contributed by atoms with van der Waals surface area (Å²) in [5.74, 6) is -0.468. The van der Waals surface area contributed by atoms with E-state index in [2.05, 4.69) is 39.3 Å². The quantitative estimate of drug-likeness (QED) is 0.509. The molecule has 0 aromatic rings. The summed E-state index contributed by atoms with van der Waals surface area (Å²) in [6.07, 6.45) is -0.343. The van der Waals surface area contributed by atoms with E-state index in [9.17, 15) is 9.59 Å². The van der Waals surface area contributed by atoms with Gasteiger partial charge in [-0.2, -0.15) is 0 Å². The summed E-state index contributed by atoms with van der Waals surface area (Å²) in [5, 5.41) is 0. The van der Waals surface area contributed by atoms with E-state index in [1.807, 2.05) is 27.7 Å². The van der Waals surface area contributed by atoms with Gasteiger partial charge in [0.1, 0.15) is 0 Å². The number of carbonyl (C=O) groups excluding carboxylic acids is 2. The summed E-state index contributed by atoms with van der Waals surface area (Å²) < 4.78 is 11.0. The summed E-state index contributed by atoms with van der Waals surface area (Å²) in [7, 11) is -3.89. The molecule has 0 aromatic carbocycles. The molecule has 0 amide bonds. The van der Waals surface area contributed by atoms with Crippen LogP contribution in [0.1, 0.15) is 27.7 Å². The van der Waals surface area contributed by atoms with Gasteiger partial charge in [0.05, 0.1) is 39.4 Å². The zero-order chi connectivity index (χ0) is 17.9. The summed E-state index contributed by atoms with van der Waals surface area (Å²) in [4.78, 5) is 25.4. The van der Waals surface area contributed by atoms with Gasteiger partial charge in [0.15, 0.2) is 0 Å². The predicted molar refractivity (Wildman–Crippen MR) is 96.6 cm³/mol. The molecule has 130 valence electrons. The lowest BCUT2D eigenvalue weighted by molar-refractivity contribution is -0.154. The van der Waals surface area contributed by atoms with Crippen molar-refractivity contribution in [3.63, 3.8) is 0 Å². The van der Waals surface area contributed by atoms with E-state index in [4.69, 9.17) is 9.47 Å². The normalized spacial score (nSPS) is 15.6. The van der Waals surface area contributed by atoms with Gasteiger partial charge in [-0.3, -0.25) is 9.59 Å². The van der Waals surface area contributed by atoms with Crippen LogP contribution in [0.3, 0.4) is 0 Å². The Balaban J connectivity index is 5.77. The predicted octanol–water partition coefficient (Wildman–Crippen LogP) is 4.31. The Hall–Kier alpha value is -0.626. The van der Waals surface area contributed by atoms with Crippen molar-refractivity contribution < 1.29 is 19.1 Å². The lowest BCUT2D eigenvalue weighted by Gasteiger charge is -2.39.